The van der Waals surface area contributed by atoms with Crippen LogP contribution in [-0.2, 0) is 14.3 Å². The number of aromatic amines is 1. The number of nitrogens with one attached hydrogen (secondary N) is 2. The van der Waals surface area contributed by atoms with Crippen molar-refractivity contribution in [3.8, 4) is 0 Å². The summed E-state index contributed by atoms with van der Waals surface area (Å²) >= 11 is 0. The van der Waals surface area contributed by atoms with Crippen molar-refractivity contribution in [1.82, 2.24) is 15.3 Å². The Morgan fingerprint density at radius 1 is 0.969 bits per heavy atom. The van der Waals surface area contributed by atoms with Crippen LogP contribution in [0, 0.1) is 0 Å². The molecule has 2 aliphatic rings. The number of hydrogen-bond acceptors (Lipinski definition) is 6. The molecule has 2 saturated heterocycles. The minimum absolute atomic E-state index is 0.113. The van der Waals surface area contributed by atoms with E-state index >= 15 is 0 Å². The number of nitrogens with zero attached hydrogens (tertiary/aromatic N) is 2. The van der Waals surface area contributed by atoms with Gasteiger partial charge in [-0.05, 0) is 43.2 Å². The van der Waals surface area contributed by atoms with E-state index in [1.807, 2.05) is 0 Å². The van der Waals surface area contributed by atoms with Gasteiger partial charge in [-0.15, -0.1) is 0 Å². The first-order valence-electron chi connectivity index (χ1n) is 10.3. The number of ketones is 1. The molecule has 0 bridgehead atoms. The van der Waals surface area contributed by atoms with Gasteiger partial charge in [-0.3, -0.25) is 24.6 Å². The first kappa shape index (κ1) is 21.3. The highest BCUT2D eigenvalue weighted by atomic mass is 16.5. The highest BCUT2D eigenvalue weighted by molar-refractivity contribution is 6.03. The molecule has 32 heavy (non-hydrogen) atoms. The molecule has 0 atom stereocenters. The van der Waals surface area contributed by atoms with Crippen LogP contribution < -0.4 is 10.4 Å². The van der Waals surface area contributed by atoms with Gasteiger partial charge in [-0.25, -0.2) is 9.80 Å². The summed E-state index contributed by atoms with van der Waals surface area (Å²) in [7, 11) is 0. The van der Waals surface area contributed by atoms with E-state index in [-0.39, 0.29) is 41.7 Å². The predicted octanol–water partition coefficient (Wildman–Crippen LogP) is 1.45. The minimum Gasteiger partial charge on any atom is -0.454 e. The van der Waals surface area contributed by atoms with E-state index in [0.717, 1.165) is 17.9 Å². The number of likely N-dealkylation sites (tertiary alicyclic amines) is 1. The van der Waals surface area contributed by atoms with Gasteiger partial charge in [0, 0.05) is 37.7 Å². The Labute approximate surface area is 183 Å². The van der Waals surface area contributed by atoms with Gasteiger partial charge in [0.2, 0.25) is 17.6 Å². The number of Topliss-reactive ketones (excluding diaryl/α,β-unsaturated/α-hetero) is 1. The fraction of sp³-hybridized carbons (Fsp3) is 0.318. The molecular formula is C22H22N4O6. The van der Waals surface area contributed by atoms with Crippen LogP contribution >= 0.6 is 0 Å². The Hall–Kier alpha value is -3.95. The van der Waals surface area contributed by atoms with E-state index < -0.39 is 18.4 Å². The number of anilines is 1. The van der Waals surface area contributed by atoms with Crippen molar-refractivity contribution >= 4 is 35.2 Å². The van der Waals surface area contributed by atoms with Crippen LogP contribution in [0.15, 0.2) is 36.5 Å². The van der Waals surface area contributed by atoms with Crippen LogP contribution in [0.1, 0.15) is 56.9 Å². The highest BCUT2D eigenvalue weighted by Gasteiger charge is 2.25. The fourth-order valence-electron chi connectivity index (χ4n) is 3.60. The molecule has 0 spiro atoms. The van der Waals surface area contributed by atoms with Gasteiger partial charge in [0.05, 0.1) is 11.3 Å². The molecule has 1 aromatic carbocycles. The molecule has 2 aliphatic heterocycles. The smallest absolute Gasteiger partial charge is 0.338 e. The summed E-state index contributed by atoms with van der Waals surface area (Å²) in [6.07, 6.45) is 3.62. The SMILES string of the molecule is O=C1CCC(=O)N(c2ccc(C(=O)OCC(=O)c3c[nH]c(C(=O)N4CCCC4)c3)cc2)N1. The molecule has 10 nitrogen and oxygen atoms in total. The topological polar surface area (TPSA) is 129 Å². The Morgan fingerprint density at radius 2 is 1.69 bits per heavy atom. The summed E-state index contributed by atoms with van der Waals surface area (Å²) in [6.45, 7) is 0.933. The van der Waals surface area contributed by atoms with Crippen molar-refractivity contribution in [1.29, 1.82) is 0 Å². The van der Waals surface area contributed by atoms with Gasteiger partial charge in [-0.2, -0.15) is 0 Å². The van der Waals surface area contributed by atoms with E-state index in [1.165, 1.54) is 36.5 Å². The molecule has 3 amide bonds. The molecule has 0 aliphatic carbocycles. The van der Waals surface area contributed by atoms with Gasteiger partial charge in [0.15, 0.2) is 6.61 Å². The van der Waals surface area contributed by atoms with Gasteiger partial charge in [0.25, 0.3) is 5.91 Å². The number of carbonyl (C=O) groups is 5. The number of H-pyrrole nitrogens is 1. The molecule has 0 saturated carbocycles. The van der Waals surface area contributed by atoms with Crippen LogP contribution in [0.5, 0.6) is 0 Å². The Balaban J connectivity index is 1.32. The number of benzene rings is 1. The van der Waals surface area contributed by atoms with E-state index in [4.69, 9.17) is 4.74 Å². The third-order valence-electron chi connectivity index (χ3n) is 5.38. The van der Waals surface area contributed by atoms with Crippen LogP contribution in [-0.4, -0.2) is 59.1 Å². The fourth-order valence-corrected chi connectivity index (χ4v) is 3.60. The second-order valence-electron chi connectivity index (χ2n) is 7.61. The maximum absolute atomic E-state index is 12.4. The molecule has 2 fully saturated rings. The maximum atomic E-state index is 12.4. The average molecular weight is 438 g/mol. The lowest BCUT2D eigenvalue weighted by Crippen LogP contribution is -2.50. The second kappa shape index (κ2) is 9.04. The van der Waals surface area contributed by atoms with Gasteiger partial charge in [0.1, 0.15) is 5.69 Å². The summed E-state index contributed by atoms with van der Waals surface area (Å²) < 4.78 is 5.09. The predicted molar refractivity (Wildman–Crippen MR) is 112 cm³/mol. The van der Waals surface area contributed by atoms with Crippen molar-refractivity contribution in [2.75, 3.05) is 24.7 Å². The number of hydrogen-bond donors (Lipinski definition) is 2. The lowest BCUT2D eigenvalue weighted by Gasteiger charge is -2.27. The summed E-state index contributed by atoms with van der Waals surface area (Å²) in [4.78, 5) is 65.0. The number of aromatic nitrogens is 1. The molecule has 2 N–H and O–H groups in total. The largest absolute Gasteiger partial charge is 0.454 e. The first-order chi connectivity index (χ1) is 15.4. The molecule has 2 aromatic rings. The monoisotopic (exact) mass is 438 g/mol. The third kappa shape index (κ3) is 4.53. The molecule has 0 radical (unpaired) electrons. The van der Waals surface area contributed by atoms with E-state index in [1.54, 1.807) is 4.90 Å². The summed E-state index contributed by atoms with van der Waals surface area (Å²) in [6, 6.07) is 7.36. The molecule has 4 rings (SSSR count). The lowest BCUT2D eigenvalue weighted by molar-refractivity contribution is -0.130. The van der Waals surface area contributed by atoms with Crippen molar-refractivity contribution in [2.45, 2.75) is 25.7 Å². The third-order valence-corrected chi connectivity index (χ3v) is 5.38. The maximum Gasteiger partial charge on any atom is 0.338 e. The summed E-state index contributed by atoms with van der Waals surface area (Å²) in [5.41, 5.74) is 3.67. The summed E-state index contributed by atoms with van der Waals surface area (Å²) in [5, 5.41) is 1.14. The van der Waals surface area contributed by atoms with Gasteiger partial charge < -0.3 is 14.6 Å². The highest BCUT2D eigenvalue weighted by Crippen LogP contribution is 2.18. The van der Waals surface area contributed by atoms with Crippen LogP contribution in [0.4, 0.5) is 5.69 Å². The molecule has 3 heterocycles. The molecule has 1 aromatic heterocycles. The lowest BCUT2D eigenvalue weighted by atomic mass is 10.1. The summed E-state index contributed by atoms with van der Waals surface area (Å²) in [5.74, 6) is -1.81. The Morgan fingerprint density at radius 3 is 2.41 bits per heavy atom. The number of amides is 3. The number of esters is 1. The number of rotatable bonds is 6. The Kier molecular flexibility index (Phi) is 6.02. The molecule has 10 heteroatoms. The van der Waals surface area contributed by atoms with Crippen LogP contribution in [0.25, 0.3) is 0 Å². The zero-order valence-electron chi connectivity index (χ0n) is 17.3. The van der Waals surface area contributed by atoms with Crippen LogP contribution in [0.2, 0.25) is 0 Å². The minimum atomic E-state index is -0.706. The normalized spacial score (nSPS) is 16.1. The van der Waals surface area contributed by atoms with Crippen molar-refractivity contribution in [3.05, 3.63) is 53.3 Å². The molecule has 166 valence electrons. The molecule has 0 unspecified atom stereocenters. The number of carbonyl (C=O) groups excluding carboxylic acids is 5. The molecular weight excluding hydrogens is 416 g/mol. The van der Waals surface area contributed by atoms with Gasteiger partial charge in [-0.1, -0.05) is 0 Å². The quantitative estimate of drug-likeness (QED) is 0.519. The first-order valence-corrected chi connectivity index (χ1v) is 10.3. The van der Waals surface area contributed by atoms with Gasteiger partial charge >= 0.3 is 5.97 Å². The van der Waals surface area contributed by atoms with E-state index in [0.29, 0.717) is 24.5 Å². The van der Waals surface area contributed by atoms with Crippen molar-refractivity contribution in [2.24, 2.45) is 0 Å². The van der Waals surface area contributed by atoms with Crippen molar-refractivity contribution < 1.29 is 28.7 Å². The standard InChI is InChI=1S/C22H22N4O6/c27-18(15-11-17(23-12-15)21(30)25-9-1-2-10-25)13-32-22(31)14-3-5-16(6-4-14)26-20(29)8-7-19(28)24-26/h3-6,11-12,23H,1-2,7-10,13H2,(H,24,28). The average Bonchev–Trinajstić information content (AvgIpc) is 3.51. The number of hydrazine groups is 1. The zero-order chi connectivity index (χ0) is 22.7. The van der Waals surface area contributed by atoms with Crippen molar-refractivity contribution in [3.63, 3.8) is 0 Å². The second-order valence-corrected chi connectivity index (χ2v) is 7.61. The zero-order valence-corrected chi connectivity index (χ0v) is 17.3. The van der Waals surface area contributed by atoms with E-state index in [9.17, 15) is 24.0 Å². The van der Waals surface area contributed by atoms with E-state index in [2.05, 4.69) is 10.4 Å². The number of ether oxygens (including phenoxy) is 1. The Bertz CT molecular complexity index is 1070. The van der Waals surface area contributed by atoms with Crippen LogP contribution in [0.3, 0.4) is 0 Å².